The Hall–Kier alpha value is -1.32. The summed E-state index contributed by atoms with van der Waals surface area (Å²) in [6, 6.07) is 0. The number of methoxy groups -OCH3 is 1. The van der Waals surface area contributed by atoms with Crippen LogP contribution in [0.1, 0.15) is 51.9 Å². The lowest BCUT2D eigenvalue weighted by Crippen LogP contribution is -2.27. The summed E-state index contributed by atoms with van der Waals surface area (Å²) in [5.74, 6) is -1.66. The van der Waals surface area contributed by atoms with E-state index < -0.39 is 11.9 Å². The van der Waals surface area contributed by atoms with E-state index in [0.29, 0.717) is 12.8 Å². The number of ketones is 1. The van der Waals surface area contributed by atoms with Gasteiger partial charge in [-0.05, 0) is 25.3 Å². The maximum atomic E-state index is 11.7. The Morgan fingerprint density at radius 2 is 2.16 bits per heavy atom. The normalized spacial score (nSPS) is 23.7. The fourth-order valence-electron chi connectivity index (χ4n) is 2.56. The van der Waals surface area contributed by atoms with Crippen LogP contribution in [-0.4, -0.2) is 24.0 Å². The van der Waals surface area contributed by atoms with Crippen molar-refractivity contribution in [2.75, 3.05) is 7.11 Å². The van der Waals surface area contributed by atoms with Crippen molar-refractivity contribution in [3.05, 3.63) is 11.8 Å². The summed E-state index contributed by atoms with van der Waals surface area (Å²) in [5.41, 5.74) is 0. The SMILES string of the molecule is CCCCCC/C=C(/O)C1CCC(=O)C1C(=O)OC. The second kappa shape index (κ2) is 7.97. The topological polar surface area (TPSA) is 63.6 Å². The Morgan fingerprint density at radius 1 is 1.42 bits per heavy atom. The van der Waals surface area contributed by atoms with Crippen molar-refractivity contribution in [1.82, 2.24) is 0 Å². The van der Waals surface area contributed by atoms with Gasteiger partial charge in [-0.25, -0.2) is 0 Å². The second-order valence-electron chi connectivity index (χ2n) is 5.09. The highest BCUT2D eigenvalue weighted by molar-refractivity contribution is 6.01. The van der Waals surface area contributed by atoms with Crippen molar-refractivity contribution in [2.45, 2.75) is 51.9 Å². The van der Waals surface area contributed by atoms with Gasteiger partial charge < -0.3 is 9.84 Å². The van der Waals surface area contributed by atoms with Gasteiger partial charge in [0.25, 0.3) is 0 Å². The average Bonchev–Trinajstić information content (AvgIpc) is 2.79. The highest BCUT2D eigenvalue weighted by Crippen LogP contribution is 2.34. The van der Waals surface area contributed by atoms with E-state index in [4.69, 9.17) is 0 Å². The fraction of sp³-hybridized carbons (Fsp3) is 0.733. The summed E-state index contributed by atoms with van der Waals surface area (Å²) in [6.45, 7) is 2.15. The van der Waals surface area contributed by atoms with Gasteiger partial charge in [0.1, 0.15) is 11.7 Å². The van der Waals surface area contributed by atoms with Gasteiger partial charge >= 0.3 is 5.97 Å². The van der Waals surface area contributed by atoms with Crippen LogP contribution in [0.2, 0.25) is 0 Å². The van der Waals surface area contributed by atoms with Crippen LogP contribution >= 0.6 is 0 Å². The molecule has 0 amide bonds. The molecular weight excluding hydrogens is 244 g/mol. The predicted octanol–water partition coefficient (Wildman–Crippen LogP) is 3.17. The maximum absolute atomic E-state index is 11.7. The molecule has 19 heavy (non-hydrogen) atoms. The third-order valence-corrected chi connectivity index (χ3v) is 3.70. The number of aliphatic hydroxyl groups excluding tert-OH is 1. The molecule has 1 rings (SSSR count). The molecular formula is C15H24O4. The molecule has 0 saturated heterocycles. The van der Waals surface area contributed by atoms with Crippen LogP contribution < -0.4 is 0 Å². The maximum Gasteiger partial charge on any atom is 0.316 e. The summed E-state index contributed by atoms with van der Waals surface area (Å²) in [7, 11) is 1.27. The lowest BCUT2D eigenvalue weighted by molar-refractivity contribution is -0.149. The fourth-order valence-corrected chi connectivity index (χ4v) is 2.56. The average molecular weight is 268 g/mol. The number of hydrogen-bond donors (Lipinski definition) is 1. The Balaban J connectivity index is 2.54. The Kier molecular flexibility index (Phi) is 6.60. The van der Waals surface area contributed by atoms with E-state index in [9.17, 15) is 14.7 Å². The number of carbonyl (C=O) groups is 2. The predicted molar refractivity (Wildman–Crippen MR) is 72.7 cm³/mol. The first-order valence-electron chi connectivity index (χ1n) is 7.11. The third kappa shape index (κ3) is 4.37. The van der Waals surface area contributed by atoms with Crippen LogP contribution in [-0.2, 0) is 14.3 Å². The Bertz CT molecular complexity index is 346. The van der Waals surface area contributed by atoms with E-state index >= 15 is 0 Å². The van der Waals surface area contributed by atoms with E-state index in [1.807, 2.05) is 0 Å². The number of esters is 1. The standard InChI is InChI=1S/C15H24O4/c1-3-4-5-6-7-8-12(16)11-9-10-13(17)14(11)15(18)19-2/h8,11,14,16H,3-7,9-10H2,1-2H3/b12-8+. The van der Waals surface area contributed by atoms with Crippen LogP contribution in [0.4, 0.5) is 0 Å². The molecule has 4 nitrogen and oxygen atoms in total. The lowest BCUT2D eigenvalue weighted by atomic mass is 9.93. The van der Waals surface area contributed by atoms with Crippen molar-refractivity contribution in [3.63, 3.8) is 0 Å². The molecule has 0 aromatic heterocycles. The first-order chi connectivity index (χ1) is 9.11. The van der Waals surface area contributed by atoms with Crippen molar-refractivity contribution < 1.29 is 19.4 Å². The number of aliphatic hydroxyl groups is 1. The zero-order valence-electron chi connectivity index (χ0n) is 11.9. The zero-order valence-corrected chi connectivity index (χ0v) is 11.9. The molecule has 4 heteroatoms. The van der Waals surface area contributed by atoms with E-state index in [-0.39, 0.29) is 17.5 Å². The third-order valence-electron chi connectivity index (χ3n) is 3.70. The second-order valence-corrected chi connectivity index (χ2v) is 5.09. The molecule has 0 bridgehead atoms. The van der Waals surface area contributed by atoms with Crippen LogP contribution in [0.5, 0.6) is 0 Å². The molecule has 108 valence electrons. The number of hydrogen-bond acceptors (Lipinski definition) is 4. The van der Waals surface area contributed by atoms with Crippen LogP contribution in [0.25, 0.3) is 0 Å². The van der Waals surface area contributed by atoms with Gasteiger partial charge in [0.15, 0.2) is 0 Å². The molecule has 1 aliphatic carbocycles. The van der Waals surface area contributed by atoms with E-state index in [1.165, 1.54) is 20.0 Å². The van der Waals surface area contributed by atoms with Crippen LogP contribution in [0.15, 0.2) is 11.8 Å². The summed E-state index contributed by atoms with van der Waals surface area (Å²) < 4.78 is 4.64. The molecule has 1 aliphatic rings. The monoisotopic (exact) mass is 268 g/mol. The number of allylic oxidation sites excluding steroid dienone is 2. The largest absolute Gasteiger partial charge is 0.512 e. The van der Waals surface area contributed by atoms with Crippen LogP contribution in [0, 0.1) is 11.8 Å². The van der Waals surface area contributed by atoms with Gasteiger partial charge in [0.05, 0.1) is 12.9 Å². The van der Waals surface area contributed by atoms with Gasteiger partial charge in [-0.1, -0.05) is 26.2 Å². The first kappa shape index (κ1) is 15.7. The minimum absolute atomic E-state index is 0.122. The quantitative estimate of drug-likeness (QED) is 0.333. The lowest BCUT2D eigenvalue weighted by Gasteiger charge is -2.15. The molecule has 0 heterocycles. The number of rotatable bonds is 7. The highest BCUT2D eigenvalue weighted by atomic mass is 16.5. The highest BCUT2D eigenvalue weighted by Gasteiger charge is 2.42. The smallest absolute Gasteiger partial charge is 0.316 e. The molecule has 1 fully saturated rings. The molecule has 0 aromatic rings. The van der Waals surface area contributed by atoms with Gasteiger partial charge in [-0.3, -0.25) is 9.59 Å². The summed E-state index contributed by atoms with van der Waals surface area (Å²) in [5, 5.41) is 10.0. The van der Waals surface area contributed by atoms with Crippen molar-refractivity contribution >= 4 is 11.8 Å². The van der Waals surface area contributed by atoms with E-state index in [2.05, 4.69) is 11.7 Å². The molecule has 2 atom stereocenters. The van der Waals surface area contributed by atoms with E-state index in [1.54, 1.807) is 6.08 Å². The number of Topliss-reactive ketones (excluding diaryl/α,β-unsaturated/α-hetero) is 1. The van der Waals surface area contributed by atoms with Crippen LogP contribution in [0.3, 0.4) is 0 Å². The summed E-state index contributed by atoms with van der Waals surface area (Å²) in [4.78, 5) is 23.2. The number of ether oxygens (including phenoxy) is 1. The van der Waals surface area contributed by atoms with Crippen molar-refractivity contribution in [3.8, 4) is 0 Å². The molecule has 0 radical (unpaired) electrons. The molecule has 0 aromatic carbocycles. The van der Waals surface area contributed by atoms with Gasteiger partial charge in [-0.2, -0.15) is 0 Å². The van der Waals surface area contributed by atoms with E-state index in [0.717, 1.165) is 19.3 Å². The molecule has 1 N–H and O–H groups in total. The number of unbranched alkanes of at least 4 members (excludes halogenated alkanes) is 4. The Labute approximate surface area is 114 Å². The number of carbonyl (C=O) groups excluding carboxylic acids is 2. The zero-order chi connectivity index (χ0) is 14.3. The van der Waals surface area contributed by atoms with Crippen molar-refractivity contribution in [2.24, 2.45) is 11.8 Å². The summed E-state index contributed by atoms with van der Waals surface area (Å²) in [6.07, 6.45) is 7.98. The molecule has 0 spiro atoms. The first-order valence-corrected chi connectivity index (χ1v) is 7.11. The van der Waals surface area contributed by atoms with Crippen molar-refractivity contribution in [1.29, 1.82) is 0 Å². The van der Waals surface area contributed by atoms with Gasteiger partial charge in [0, 0.05) is 12.3 Å². The Morgan fingerprint density at radius 3 is 2.79 bits per heavy atom. The minimum atomic E-state index is -0.808. The molecule has 1 saturated carbocycles. The summed E-state index contributed by atoms with van der Waals surface area (Å²) >= 11 is 0. The molecule has 0 aliphatic heterocycles. The van der Waals surface area contributed by atoms with Gasteiger partial charge in [-0.15, -0.1) is 0 Å². The molecule has 2 unspecified atom stereocenters. The minimum Gasteiger partial charge on any atom is -0.512 e. The van der Waals surface area contributed by atoms with Gasteiger partial charge in [0.2, 0.25) is 0 Å².